The van der Waals surface area contributed by atoms with Gasteiger partial charge in [-0.15, -0.1) is 0 Å². The van der Waals surface area contributed by atoms with Crippen LogP contribution in [0.1, 0.15) is 47.5 Å². The molecule has 1 atom stereocenters. The van der Waals surface area contributed by atoms with Gasteiger partial charge >= 0.3 is 6.09 Å². The van der Waals surface area contributed by atoms with Gasteiger partial charge in [-0.3, -0.25) is 0 Å². The molecule has 4 heteroatoms. The number of nitrogens with one attached hydrogen (secondary N) is 1. The fourth-order valence-corrected chi connectivity index (χ4v) is 1.25. The first-order chi connectivity index (χ1) is 7.26. The second-order valence-electron chi connectivity index (χ2n) is 5.19. The number of nitriles is 1. The smallest absolute Gasteiger partial charge is 0.407 e. The third-order valence-electron chi connectivity index (χ3n) is 2.07. The first-order valence-electron chi connectivity index (χ1n) is 5.62. The molecule has 0 heterocycles. The van der Waals surface area contributed by atoms with Crippen molar-refractivity contribution in [2.75, 3.05) is 0 Å². The number of amides is 1. The number of ether oxygens (including phenoxy) is 1. The number of carbonyl (C=O) groups is 1. The van der Waals surface area contributed by atoms with E-state index in [2.05, 4.69) is 11.4 Å². The first-order valence-corrected chi connectivity index (χ1v) is 5.62. The van der Waals surface area contributed by atoms with E-state index in [-0.39, 0.29) is 6.04 Å². The molecule has 0 unspecified atom stereocenters. The Morgan fingerprint density at radius 1 is 1.44 bits per heavy atom. The molecule has 0 radical (unpaired) electrons. The standard InChI is InChI=1S/C12H22N2O2/c1-9(2)10(7-6-8-13)14-11(15)16-12(3,4)5/h9-10H,6-7H2,1-5H3,(H,14,15)/t10-/m0/s1. The lowest BCUT2D eigenvalue weighted by Gasteiger charge is -2.25. The van der Waals surface area contributed by atoms with E-state index in [0.29, 0.717) is 18.8 Å². The summed E-state index contributed by atoms with van der Waals surface area (Å²) in [5, 5.41) is 11.3. The summed E-state index contributed by atoms with van der Waals surface area (Å²) >= 11 is 0. The molecule has 1 amide bonds. The predicted octanol–water partition coefficient (Wildman–Crippen LogP) is 2.84. The molecule has 1 N–H and O–H groups in total. The fraction of sp³-hybridized carbons (Fsp3) is 0.833. The van der Waals surface area contributed by atoms with Crippen LogP contribution in [-0.2, 0) is 4.74 Å². The molecule has 0 rings (SSSR count). The average Bonchev–Trinajstić information content (AvgIpc) is 2.08. The van der Waals surface area contributed by atoms with Crippen LogP contribution in [0.25, 0.3) is 0 Å². The van der Waals surface area contributed by atoms with Gasteiger partial charge in [-0.05, 0) is 33.1 Å². The second kappa shape index (κ2) is 6.37. The minimum Gasteiger partial charge on any atom is -0.444 e. The van der Waals surface area contributed by atoms with Crippen molar-refractivity contribution in [1.29, 1.82) is 5.26 Å². The first kappa shape index (κ1) is 14.8. The van der Waals surface area contributed by atoms with E-state index in [9.17, 15) is 4.79 Å². The van der Waals surface area contributed by atoms with E-state index < -0.39 is 11.7 Å². The SMILES string of the molecule is CC(C)[C@H](CCC#N)NC(=O)OC(C)(C)C. The van der Waals surface area contributed by atoms with Crippen LogP contribution in [-0.4, -0.2) is 17.7 Å². The van der Waals surface area contributed by atoms with Gasteiger partial charge in [-0.25, -0.2) is 4.79 Å². The van der Waals surface area contributed by atoms with Crippen molar-refractivity contribution >= 4 is 6.09 Å². The predicted molar refractivity (Wildman–Crippen MR) is 62.8 cm³/mol. The molecule has 0 aromatic rings. The molecule has 0 aliphatic carbocycles. The minimum absolute atomic E-state index is 0.00509. The van der Waals surface area contributed by atoms with Gasteiger partial charge in [0, 0.05) is 12.5 Å². The van der Waals surface area contributed by atoms with Gasteiger partial charge in [-0.1, -0.05) is 13.8 Å². The van der Waals surface area contributed by atoms with Gasteiger partial charge in [-0.2, -0.15) is 5.26 Å². The van der Waals surface area contributed by atoms with E-state index in [0.717, 1.165) is 0 Å². The van der Waals surface area contributed by atoms with Crippen molar-refractivity contribution in [2.24, 2.45) is 5.92 Å². The summed E-state index contributed by atoms with van der Waals surface area (Å²) in [6.45, 7) is 9.50. The van der Waals surface area contributed by atoms with E-state index in [1.807, 2.05) is 34.6 Å². The van der Waals surface area contributed by atoms with Gasteiger partial charge < -0.3 is 10.1 Å². The largest absolute Gasteiger partial charge is 0.444 e. The van der Waals surface area contributed by atoms with Crippen LogP contribution in [0.4, 0.5) is 4.79 Å². The molecule has 0 saturated carbocycles. The summed E-state index contributed by atoms with van der Waals surface area (Å²) in [7, 11) is 0. The van der Waals surface area contributed by atoms with Gasteiger partial charge in [0.05, 0.1) is 6.07 Å². The van der Waals surface area contributed by atoms with Crippen LogP contribution in [0.15, 0.2) is 0 Å². The zero-order valence-corrected chi connectivity index (χ0v) is 10.8. The molecule has 0 bridgehead atoms. The molecule has 0 aliphatic heterocycles. The summed E-state index contributed by atoms with van der Waals surface area (Å²) in [6, 6.07) is 2.08. The Kier molecular flexibility index (Phi) is 5.87. The highest BCUT2D eigenvalue weighted by Crippen LogP contribution is 2.11. The van der Waals surface area contributed by atoms with E-state index >= 15 is 0 Å². The molecule has 0 aromatic carbocycles. The highest BCUT2D eigenvalue weighted by molar-refractivity contribution is 5.68. The third-order valence-corrected chi connectivity index (χ3v) is 2.07. The zero-order valence-electron chi connectivity index (χ0n) is 10.8. The normalized spacial score (nSPS) is 13.1. The number of rotatable bonds is 4. The van der Waals surface area contributed by atoms with E-state index in [1.165, 1.54) is 0 Å². The van der Waals surface area contributed by atoms with Crippen molar-refractivity contribution in [3.05, 3.63) is 0 Å². The maximum Gasteiger partial charge on any atom is 0.407 e. The second-order valence-corrected chi connectivity index (χ2v) is 5.19. The number of carbonyl (C=O) groups excluding carboxylic acids is 1. The van der Waals surface area contributed by atoms with Gasteiger partial charge in [0.1, 0.15) is 5.60 Å². The lowest BCUT2D eigenvalue weighted by Crippen LogP contribution is -2.41. The molecule has 0 saturated heterocycles. The number of hydrogen-bond acceptors (Lipinski definition) is 3. The summed E-state index contributed by atoms with van der Waals surface area (Å²) < 4.78 is 5.17. The molecule has 0 aromatic heterocycles. The number of nitrogens with zero attached hydrogens (tertiary/aromatic N) is 1. The summed E-state index contributed by atoms with van der Waals surface area (Å²) in [5.74, 6) is 0.292. The van der Waals surface area contributed by atoms with Crippen molar-refractivity contribution in [1.82, 2.24) is 5.32 Å². The number of alkyl carbamates (subject to hydrolysis) is 1. The van der Waals surface area contributed by atoms with E-state index in [4.69, 9.17) is 10.00 Å². The van der Waals surface area contributed by atoms with Crippen LogP contribution in [0.3, 0.4) is 0 Å². The lowest BCUT2D eigenvalue weighted by molar-refractivity contribution is 0.0488. The maximum atomic E-state index is 11.5. The van der Waals surface area contributed by atoms with Crippen LogP contribution >= 0.6 is 0 Å². The topological polar surface area (TPSA) is 62.1 Å². The Morgan fingerprint density at radius 3 is 2.38 bits per heavy atom. The zero-order chi connectivity index (χ0) is 12.8. The quantitative estimate of drug-likeness (QED) is 0.801. The average molecular weight is 226 g/mol. The Balaban J connectivity index is 4.20. The van der Waals surface area contributed by atoms with E-state index in [1.54, 1.807) is 0 Å². The fourth-order valence-electron chi connectivity index (χ4n) is 1.25. The van der Waals surface area contributed by atoms with Crippen molar-refractivity contribution in [2.45, 2.75) is 59.1 Å². The molecule has 0 aliphatic rings. The Hall–Kier alpha value is -1.24. The van der Waals surface area contributed by atoms with Crippen LogP contribution in [0.2, 0.25) is 0 Å². The Bertz CT molecular complexity index is 261. The lowest BCUT2D eigenvalue weighted by atomic mass is 10.00. The molecule has 16 heavy (non-hydrogen) atoms. The van der Waals surface area contributed by atoms with Gasteiger partial charge in [0.15, 0.2) is 0 Å². The number of hydrogen-bond donors (Lipinski definition) is 1. The molecular formula is C12H22N2O2. The maximum absolute atomic E-state index is 11.5. The summed E-state index contributed by atoms with van der Waals surface area (Å²) in [5.41, 5.74) is -0.485. The van der Waals surface area contributed by atoms with Crippen LogP contribution < -0.4 is 5.32 Å². The monoisotopic (exact) mass is 226 g/mol. The molecule has 4 nitrogen and oxygen atoms in total. The van der Waals surface area contributed by atoms with Crippen LogP contribution in [0.5, 0.6) is 0 Å². The van der Waals surface area contributed by atoms with Gasteiger partial charge in [0.2, 0.25) is 0 Å². The minimum atomic E-state index is -0.485. The molecule has 0 spiro atoms. The Labute approximate surface area is 98.0 Å². The molecule has 92 valence electrons. The summed E-state index contributed by atoms with van der Waals surface area (Å²) in [6.07, 6.45) is 0.690. The van der Waals surface area contributed by atoms with Crippen molar-refractivity contribution in [3.8, 4) is 6.07 Å². The Morgan fingerprint density at radius 2 is 2.00 bits per heavy atom. The van der Waals surface area contributed by atoms with Crippen molar-refractivity contribution in [3.63, 3.8) is 0 Å². The third kappa shape index (κ3) is 7.10. The van der Waals surface area contributed by atoms with Crippen molar-refractivity contribution < 1.29 is 9.53 Å². The molecular weight excluding hydrogens is 204 g/mol. The highest BCUT2D eigenvalue weighted by atomic mass is 16.6. The molecule has 0 fully saturated rings. The highest BCUT2D eigenvalue weighted by Gasteiger charge is 2.20. The van der Waals surface area contributed by atoms with Gasteiger partial charge in [0.25, 0.3) is 0 Å². The van der Waals surface area contributed by atoms with Crippen LogP contribution in [0, 0.1) is 17.2 Å². The summed E-state index contributed by atoms with van der Waals surface area (Å²) in [4.78, 5) is 11.5.